The Morgan fingerprint density at radius 2 is 1.91 bits per heavy atom. The molecule has 1 aromatic heterocycles. The SMILES string of the molecule is C=CNC(Cc1cc(F)cc(F)c1)c1nc(C=C)c(N)cc1-c1cccc(C(=O)OC)c1. The first-order valence-corrected chi connectivity index (χ1v) is 9.79. The number of rotatable bonds is 8. The maximum Gasteiger partial charge on any atom is 0.337 e. The van der Waals surface area contributed by atoms with Gasteiger partial charge in [0, 0.05) is 11.6 Å². The number of benzene rings is 2. The van der Waals surface area contributed by atoms with Crippen LogP contribution in [0.3, 0.4) is 0 Å². The lowest BCUT2D eigenvalue weighted by Crippen LogP contribution is -2.21. The monoisotopic (exact) mass is 435 g/mol. The second-order valence-corrected chi connectivity index (χ2v) is 7.08. The molecule has 0 aliphatic rings. The number of nitrogens with one attached hydrogen (secondary N) is 1. The molecule has 0 saturated carbocycles. The minimum atomic E-state index is -0.666. The van der Waals surface area contributed by atoms with Gasteiger partial charge in [0.2, 0.25) is 0 Å². The van der Waals surface area contributed by atoms with Gasteiger partial charge in [-0.3, -0.25) is 0 Å². The quantitative estimate of drug-likeness (QED) is 0.484. The molecule has 1 atom stereocenters. The van der Waals surface area contributed by atoms with E-state index in [9.17, 15) is 13.6 Å². The van der Waals surface area contributed by atoms with Crippen LogP contribution in [0.25, 0.3) is 17.2 Å². The molecule has 0 spiro atoms. The maximum atomic E-state index is 13.8. The molecule has 3 aromatic rings. The van der Waals surface area contributed by atoms with E-state index in [0.29, 0.717) is 39.3 Å². The van der Waals surface area contributed by atoms with E-state index >= 15 is 0 Å². The number of nitrogens with two attached hydrogens (primary N) is 1. The zero-order valence-corrected chi connectivity index (χ0v) is 17.6. The molecule has 0 radical (unpaired) electrons. The van der Waals surface area contributed by atoms with Crippen molar-refractivity contribution in [3.63, 3.8) is 0 Å². The predicted octanol–water partition coefficient (Wildman–Crippen LogP) is 5.06. The lowest BCUT2D eigenvalue weighted by molar-refractivity contribution is 0.0601. The number of nitrogens with zero attached hydrogens (tertiary/aromatic N) is 1. The second kappa shape index (κ2) is 9.87. The number of ether oxygens (including phenoxy) is 1. The number of hydrogen-bond donors (Lipinski definition) is 2. The van der Waals surface area contributed by atoms with Crippen LogP contribution in [0.1, 0.15) is 33.4 Å². The first-order chi connectivity index (χ1) is 15.4. The minimum Gasteiger partial charge on any atom is -0.465 e. The van der Waals surface area contributed by atoms with Crippen molar-refractivity contribution in [3.05, 3.63) is 102 Å². The molecular formula is C25H23F2N3O2. The number of halogens is 2. The van der Waals surface area contributed by atoms with Gasteiger partial charge in [-0.1, -0.05) is 25.3 Å². The molecule has 32 heavy (non-hydrogen) atoms. The van der Waals surface area contributed by atoms with Gasteiger partial charge in [-0.2, -0.15) is 0 Å². The summed E-state index contributed by atoms with van der Waals surface area (Å²) in [7, 11) is 1.31. The van der Waals surface area contributed by atoms with Crippen molar-refractivity contribution >= 4 is 17.7 Å². The lowest BCUT2D eigenvalue weighted by Gasteiger charge is -2.22. The van der Waals surface area contributed by atoms with E-state index in [2.05, 4.69) is 23.5 Å². The number of aromatic nitrogens is 1. The largest absolute Gasteiger partial charge is 0.465 e. The van der Waals surface area contributed by atoms with E-state index in [0.717, 1.165) is 6.07 Å². The highest BCUT2D eigenvalue weighted by atomic mass is 19.1. The Balaban J connectivity index is 2.17. The molecule has 1 unspecified atom stereocenters. The molecule has 3 rings (SSSR count). The molecular weight excluding hydrogens is 412 g/mol. The van der Waals surface area contributed by atoms with E-state index in [-0.39, 0.29) is 6.42 Å². The lowest BCUT2D eigenvalue weighted by atomic mass is 9.93. The van der Waals surface area contributed by atoms with Gasteiger partial charge in [-0.15, -0.1) is 0 Å². The molecule has 0 amide bonds. The predicted molar refractivity (Wildman–Crippen MR) is 122 cm³/mol. The van der Waals surface area contributed by atoms with Crippen molar-refractivity contribution < 1.29 is 18.3 Å². The highest BCUT2D eigenvalue weighted by Gasteiger charge is 2.21. The molecule has 0 aliphatic carbocycles. The standard InChI is InChI=1S/C25H23F2N3O2/c1-4-22-21(28)14-20(16-7-6-8-17(12-16)25(31)32-3)24(30-22)23(29-5-2)11-15-9-18(26)13-19(27)10-15/h4-10,12-14,23,29H,1-2,11,28H2,3H3. The third-order valence-electron chi connectivity index (χ3n) is 4.91. The summed E-state index contributed by atoms with van der Waals surface area (Å²) in [6.45, 7) is 7.47. The number of carbonyl (C=O) groups is 1. The summed E-state index contributed by atoms with van der Waals surface area (Å²) in [5.41, 5.74) is 9.72. The van der Waals surface area contributed by atoms with Crippen molar-refractivity contribution in [2.24, 2.45) is 0 Å². The van der Waals surface area contributed by atoms with Crippen LogP contribution >= 0.6 is 0 Å². The maximum absolute atomic E-state index is 13.8. The van der Waals surface area contributed by atoms with Crippen LogP contribution in [0.4, 0.5) is 14.5 Å². The van der Waals surface area contributed by atoms with Crippen LogP contribution in [0.2, 0.25) is 0 Å². The molecule has 0 saturated heterocycles. The zero-order valence-electron chi connectivity index (χ0n) is 17.6. The molecule has 5 nitrogen and oxygen atoms in total. The first kappa shape index (κ1) is 22.7. The highest BCUT2D eigenvalue weighted by Crippen LogP contribution is 2.33. The average molecular weight is 435 g/mol. The fraction of sp³-hybridized carbons (Fsp3) is 0.120. The highest BCUT2D eigenvalue weighted by molar-refractivity contribution is 5.91. The number of esters is 1. The van der Waals surface area contributed by atoms with Gasteiger partial charge in [0.15, 0.2) is 0 Å². The normalized spacial score (nSPS) is 11.5. The van der Waals surface area contributed by atoms with Gasteiger partial charge >= 0.3 is 5.97 Å². The second-order valence-electron chi connectivity index (χ2n) is 7.08. The third kappa shape index (κ3) is 5.00. The number of methoxy groups -OCH3 is 1. The minimum absolute atomic E-state index is 0.220. The van der Waals surface area contributed by atoms with Gasteiger partial charge in [-0.05, 0) is 60.2 Å². The van der Waals surface area contributed by atoms with Crippen LogP contribution in [0.15, 0.2) is 67.9 Å². The Morgan fingerprint density at radius 1 is 1.19 bits per heavy atom. The summed E-state index contributed by atoms with van der Waals surface area (Å²) < 4.78 is 32.3. The molecule has 1 heterocycles. The van der Waals surface area contributed by atoms with Crippen molar-refractivity contribution in [1.29, 1.82) is 0 Å². The number of carbonyl (C=O) groups excluding carboxylic acids is 1. The van der Waals surface area contributed by atoms with Crippen molar-refractivity contribution in [1.82, 2.24) is 10.3 Å². The van der Waals surface area contributed by atoms with E-state index in [1.807, 2.05) is 6.07 Å². The van der Waals surface area contributed by atoms with E-state index in [1.165, 1.54) is 31.5 Å². The summed E-state index contributed by atoms with van der Waals surface area (Å²) >= 11 is 0. The number of hydrogen-bond acceptors (Lipinski definition) is 5. The smallest absolute Gasteiger partial charge is 0.337 e. The average Bonchev–Trinajstić information content (AvgIpc) is 2.77. The Labute approximate surface area is 185 Å². The number of anilines is 1. The van der Waals surface area contributed by atoms with Crippen molar-refractivity contribution in [3.8, 4) is 11.1 Å². The number of pyridine rings is 1. The molecule has 3 N–H and O–H groups in total. The van der Waals surface area contributed by atoms with Gasteiger partial charge in [0.1, 0.15) is 11.6 Å². The van der Waals surface area contributed by atoms with Crippen LogP contribution in [-0.2, 0) is 11.2 Å². The summed E-state index contributed by atoms with van der Waals surface area (Å²) in [5.74, 6) is -1.81. The molecule has 164 valence electrons. The Kier molecular flexibility index (Phi) is 7.00. The topological polar surface area (TPSA) is 77.2 Å². The van der Waals surface area contributed by atoms with Gasteiger partial charge in [0.05, 0.1) is 35.8 Å². The zero-order chi connectivity index (χ0) is 23.3. The summed E-state index contributed by atoms with van der Waals surface area (Å²) in [4.78, 5) is 16.7. The molecule has 0 bridgehead atoms. The van der Waals surface area contributed by atoms with Crippen LogP contribution in [0.5, 0.6) is 0 Å². The third-order valence-corrected chi connectivity index (χ3v) is 4.91. The van der Waals surface area contributed by atoms with Gasteiger partial charge in [-0.25, -0.2) is 18.6 Å². The van der Waals surface area contributed by atoms with Crippen LogP contribution in [-0.4, -0.2) is 18.1 Å². The molecule has 0 aliphatic heterocycles. The Hall–Kier alpha value is -4.00. The van der Waals surface area contributed by atoms with Gasteiger partial charge in [0.25, 0.3) is 0 Å². The van der Waals surface area contributed by atoms with Crippen LogP contribution < -0.4 is 11.1 Å². The Bertz CT molecular complexity index is 1160. The number of nitrogen functional groups attached to an aromatic ring is 1. The molecule has 2 aromatic carbocycles. The summed E-state index contributed by atoms with van der Waals surface area (Å²) in [6, 6.07) is 11.4. The Morgan fingerprint density at radius 3 is 2.53 bits per heavy atom. The van der Waals surface area contributed by atoms with E-state index in [1.54, 1.807) is 24.3 Å². The van der Waals surface area contributed by atoms with Gasteiger partial charge < -0.3 is 15.8 Å². The fourth-order valence-electron chi connectivity index (χ4n) is 3.49. The summed E-state index contributed by atoms with van der Waals surface area (Å²) in [6.07, 6.45) is 3.23. The summed E-state index contributed by atoms with van der Waals surface area (Å²) in [5, 5.41) is 3.11. The molecule has 7 heteroatoms. The van der Waals surface area contributed by atoms with Crippen molar-refractivity contribution in [2.75, 3.05) is 12.8 Å². The molecule has 0 fully saturated rings. The first-order valence-electron chi connectivity index (χ1n) is 9.79. The van der Waals surface area contributed by atoms with E-state index < -0.39 is 23.6 Å². The fourth-order valence-corrected chi connectivity index (χ4v) is 3.49. The van der Waals surface area contributed by atoms with Crippen molar-refractivity contribution in [2.45, 2.75) is 12.5 Å². The van der Waals surface area contributed by atoms with E-state index in [4.69, 9.17) is 10.5 Å². The van der Waals surface area contributed by atoms with Crippen LogP contribution in [0, 0.1) is 11.6 Å².